The van der Waals surface area contributed by atoms with Crippen LogP contribution < -0.4 is 0 Å². The zero-order valence-corrected chi connectivity index (χ0v) is 36.2. The maximum atomic E-state index is 12.6. The number of esters is 2. The number of aliphatic hydroxyl groups excluding tert-OH is 2. The van der Waals surface area contributed by atoms with Gasteiger partial charge < -0.3 is 24.6 Å². The van der Waals surface area contributed by atoms with E-state index < -0.39 is 51.8 Å². The van der Waals surface area contributed by atoms with Crippen molar-refractivity contribution in [2.75, 3.05) is 26.4 Å². The van der Waals surface area contributed by atoms with Gasteiger partial charge in [-0.25, -0.2) is 4.57 Å². The molecule has 0 aromatic heterocycles. The second kappa shape index (κ2) is 41.3. The molecule has 0 spiro atoms. The quantitative estimate of drug-likeness (QED) is 0.0180. The average molecular weight is 821 g/mol. The molecule has 0 radical (unpaired) electrons. The van der Waals surface area contributed by atoms with Gasteiger partial charge in [0.2, 0.25) is 0 Å². The van der Waals surface area contributed by atoms with Crippen LogP contribution in [0, 0.1) is 0 Å². The predicted octanol–water partition coefficient (Wildman–Crippen LogP) is 11.4. The molecular formula is C46H77O10P. The van der Waals surface area contributed by atoms with Crippen LogP contribution in [-0.4, -0.2) is 65.7 Å². The van der Waals surface area contributed by atoms with Crippen molar-refractivity contribution in [1.29, 1.82) is 0 Å². The maximum Gasteiger partial charge on any atom is 0.472 e. The third kappa shape index (κ3) is 41.1. The van der Waals surface area contributed by atoms with Crippen LogP contribution in [0.25, 0.3) is 0 Å². The summed E-state index contributed by atoms with van der Waals surface area (Å²) in [7, 11) is -4.63. The van der Waals surface area contributed by atoms with Gasteiger partial charge in [0.15, 0.2) is 6.10 Å². The minimum Gasteiger partial charge on any atom is -0.462 e. The van der Waals surface area contributed by atoms with Gasteiger partial charge in [-0.3, -0.25) is 18.6 Å². The second-order valence-electron chi connectivity index (χ2n) is 14.0. The molecule has 0 aromatic rings. The highest BCUT2D eigenvalue weighted by atomic mass is 31.2. The van der Waals surface area contributed by atoms with Crippen molar-refractivity contribution in [1.82, 2.24) is 0 Å². The van der Waals surface area contributed by atoms with E-state index in [0.717, 1.165) is 70.6 Å². The van der Waals surface area contributed by atoms with Crippen molar-refractivity contribution < 1.29 is 47.8 Å². The SMILES string of the molecule is CC/C=C/C=C/C=C/C=C/CCCCCC(=O)OC(COC(=O)CCCCCCCCCCCCC/C=C/C/C=C/C/C=C/CC)COP(=O)(O)OC[C@H](O)CO. The zero-order valence-electron chi connectivity index (χ0n) is 35.3. The van der Waals surface area contributed by atoms with Gasteiger partial charge >= 0.3 is 19.8 Å². The molecule has 3 N–H and O–H groups in total. The van der Waals surface area contributed by atoms with Crippen molar-refractivity contribution in [3.05, 3.63) is 85.1 Å². The lowest BCUT2D eigenvalue weighted by molar-refractivity contribution is -0.161. The second-order valence-corrected chi connectivity index (χ2v) is 15.5. The molecule has 57 heavy (non-hydrogen) atoms. The fourth-order valence-electron chi connectivity index (χ4n) is 5.37. The van der Waals surface area contributed by atoms with E-state index in [-0.39, 0.29) is 19.4 Å². The summed E-state index contributed by atoms with van der Waals surface area (Å²) in [6.45, 7) is 2.06. The van der Waals surface area contributed by atoms with E-state index >= 15 is 0 Å². The Balaban J connectivity index is 4.29. The maximum absolute atomic E-state index is 12.6. The first-order chi connectivity index (χ1) is 27.7. The largest absolute Gasteiger partial charge is 0.472 e. The number of rotatable bonds is 39. The van der Waals surface area contributed by atoms with Crippen LogP contribution in [0.2, 0.25) is 0 Å². The van der Waals surface area contributed by atoms with E-state index in [4.69, 9.17) is 19.1 Å². The fraction of sp³-hybridized carbons (Fsp3) is 0.652. The fourth-order valence-corrected chi connectivity index (χ4v) is 6.16. The first-order valence-electron chi connectivity index (χ1n) is 21.6. The van der Waals surface area contributed by atoms with Gasteiger partial charge in [0.05, 0.1) is 19.8 Å². The third-order valence-corrected chi connectivity index (χ3v) is 9.59. The third-order valence-electron chi connectivity index (χ3n) is 8.64. The summed E-state index contributed by atoms with van der Waals surface area (Å²) in [5.41, 5.74) is 0. The first kappa shape index (κ1) is 54.2. The Morgan fingerprint density at radius 1 is 0.544 bits per heavy atom. The minimum absolute atomic E-state index is 0.133. The number of unbranched alkanes of at least 4 members (excludes halogenated alkanes) is 14. The van der Waals surface area contributed by atoms with Gasteiger partial charge in [-0.05, 0) is 64.2 Å². The van der Waals surface area contributed by atoms with Crippen LogP contribution in [0.15, 0.2) is 85.1 Å². The summed E-state index contributed by atoms with van der Waals surface area (Å²) in [4.78, 5) is 35.0. The number of aliphatic hydroxyl groups is 2. The Bertz CT molecular complexity index is 1220. The van der Waals surface area contributed by atoms with Gasteiger partial charge in [-0.15, -0.1) is 0 Å². The first-order valence-corrected chi connectivity index (χ1v) is 23.1. The molecule has 0 rings (SSSR count). The monoisotopic (exact) mass is 821 g/mol. The summed E-state index contributed by atoms with van der Waals surface area (Å²) in [6, 6.07) is 0. The Morgan fingerprint density at radius 3 is 1.60 bits per heavy atom. The van der Waals surface area contributed by atoms with E-state index in [2.05, 4.69) is 67.0 Å². The Hall–Kier alpha value is -2.85. The molecule has 0 aromatic carbocycles. The molecule has 326 valence electrons. The molecule has 0 saturated carbocycles. The highest BCUT2D eigenvalue weighted by Crippen LogP contribution is 2.43. The van der Waals surface area contributed by atoms with Crippen molar-refractivity contribution in [2.24, 2.45) is 0 Å². The summed E-state index contributed by atoms with van der Waals surface area (Å²) in [5.74, 6) is -0.981. The average Bonchev–Trinajstić information content (AvgIpc) is 3.20. The molecule has 0 fully saturated rings. The van der Waals surface area contributed by atoms with Crippen LogP contribution in [-0.2, 0) is 32.7 Å². The number of hydrogen-bond donors (Lipinski definition) is 3. The van der Waals surface area contributed by atoms with Crippen LogP contribution in [0.5, 0.6) is 0 Å². The van der Waals surface area contributed by atoms with Crippen molar-refractivity contribution >= 4 is 19.8 Å². The molecule has 3 atom stereocenters. The molecule has 0 aliphatic heterocycles. The smallest absolute Gasteiger partial charge is 0.462 e. The van der Waals surface area contributed by atoms with Crippen LogP contribution >= 0.6 is 7.82 Å². The van der Waals surface area contributed by atoms with Crippen molar-refractivity contribution in [2.45, 2.75) is 167 Å². The van der Waals surface area contributed by atoms with Gasteiger partial charge in [0.25, 0.3) is 0 Å². The normalized spacial score (nSPS) is 14.7. The van der Waals surface area contributed by atoms with E-state index in [1.165, 1.54) is 44.9 Å². The number of ether oxygens (including phenoxy) is 2. The molecule has 0 aliphatic carbocycles. The number of hydrogen-bond acceptors (Lipinski definition) is 9. The van der Waals surface area contributed by atoms with Crippen LogP contribution in [0.3, 0.4) is 0 Å². The number of carbonyl (C=O) groups is 2. The number of phosphoric ester groups is 1. The van der Waals surface area contributed by atoms with Crippen LogP contribution in [0.4, 0.5) is 0 Å². The predicted molar refractivity (Wildman–Crippen MR) is 233 cm³/mol. The Labute approximate surface area is 345 Å². The lowest BCUT2D eigenvalue weighted by atomic mass is 10.0. The van der Waals surface area contributed by atoms with Gasteiger partial charge in [0, 0.05) is 12.8 Å². The van der Waals surface area contributed by atoms with E-state index in [1.54, 1.807) is 0 Å². The molecular weight excluding hydrogens is 743 g/mol. The van der Waals surface area contributed by atoms with Crippen molar-refractivity contribution in [3.63, 3.8) is 0 Å². The lowest BCUT2D eigenvalue weighted by Gasteiger charge is -2.20. The summed E-state index contributed by atoms with van der Waals surface area (Å²) >= 11 is 0. The number of carbonyl (C=O) groups excluding carboxylic acids is 2. The molecule has 0 heterocycles. The summed E-state index contributed by atoms with van der Waals surface area (Å²) in [5, 5.41) is 18.3. The molecule has 0 aliphatic rings. The van der Waals surface area contributed by atoms with Crippen LogP contribution in [0.1, 0.15) is 155 Å². The van der Waals surface area contributed by atoms with Crippen molar-refractivity contribution in [3.8, 4) is 0 Å². The highest BCUT2D eigenvalue weighted by Gasteiger charge is 2.27. The van der Waals surface area contributed by atoms with Gasteiger partial charge in [-0.2, -0.15) is 0 Å². The Morgan fingerprint density at radius 2 is 1.00 bits per heavy atom. The summed E-state index contributed by atoms with van der Waals surface area (Å²) < 4.78 is 32.6. The number of phosphoric acid groups is 1. The molecule has 2 unspecified atom stereocenters. The Kier molecular flexibility index (Phi) is 39.2. The van der Waals surface area contributed by atoms with E-state index in [9.17, 15) is 24.2 Å². The molecule has 0 saturated heterocycles. The van der Waals surface area contributed by atoms with Gasteiger partial charge in [-0.1, -0.05) is 163 Å². The molecule has 0 bridgehead atoms. The van der Waals surface area contributed by atoms with E-state index in [0.29, 0.717) is 12.8 Å². The topological polar surface area (TPSA) is 149 Å². The standard InChI is InChI=1S/C46H77O10P/c1-3-5-7-9-11-13-15-17-18-19-20-21-22-23-24-26-27-29-31-33-35-37-45(49)53-41-44(42-55-57(51,52)54-40-43(48)39-47)56-46(50)38-36-34-32-30-28-25-16-14-12-10-8-6-4-2/h5-8,10-14,16-18,25,28,43-44,47-48H,3-4,9,15,19-24,26-27,29-42H2,1-2H3,(H,51,52)/b7-5+,8-6+,12-10+,13-11+,16-14+,18-17+,28-25+/t43-,44?/m1/s1. The van der Waals surface area contributed by atoms with E-state index in [1.807, 2.05) is 36.5 Å². The minimum atomic E-state index is -4.63. The molecule has 10 nitrogen and oxygen atoms in total. The molecule has 11 heteroatoms. The molecule has 0 amide bonds. The number of allylic oxidation sites excluding steroid dienone is 14. The lowest BCUT2D eigenvalue weighted by Crippen LogP contribution is -2.29. The zero-order chi connectivity index (χ0) is 41.9. The summed E-state index contributed by atoms with van der Waals surface area (Å²) in [6.07, 6.45) is 48.4. The van der Waals surface area contributed by atoms with Gasteiger partial charge in [0.1, 0.15) is 12.7 Å². The highest BCUT2D eigenvalue weighted by molar-refractivity contribution is 7.47.